The minimum Gasteiger partial charge on any atom is -0.494 e. The van der Waals surface area contributed by atoms with Crippen LogP contribution >= 0.6 is 0 Å². The van der Waals surface area contributed by atoms with Crippen LogP contribution < -0.4 is 4.74 Å². The number of benzene rings is 3. The third-order valence-electron chi connectivity index (χ3n) is 8.57. The second-order valence-corrected chi connectivity index (χ2v) is 12.5. The van der Waals surface area contributed by atoms with Gasteiger partial charge in [-0.1, -0.05) is 121 Å². The van der Waals surface area contributed by atoms with Crippen molar-refractivity contribution in [2.45, 2.75) is 122 Å². The molecular formula is C40H51F3O5. The molecule has 5 nitrogen and oxygen atoms in total. The number of unbranched alkanes of at least 4 members (excludes halogenated alkanes) is 12. The summed E-state index contributed by atoms with van der Waals surface area (Å²) in [6.07, 6.45) is 7.96. The summed E-state index contributed by atoms with van der Waals surface area (Å²) in [6, 6.07) is 18.5. The van der Waals surface area contributed by atoms with Crippen molar-refractivity contribution in [2.75, 3.05) is 6.61 Å². The summed E-state index contributed by atoms with van der Waals surface area (Å²) in [5, 5.41) is 9.34. The molecule has 48 heavy (non-hydrogen) atoms. The molecule has 0 aliphatic rings. The zero-order chi connectivity index (χ0) is 34.8. The van der Waals surface area contributed by atoms with Gasteiger partial charge in [-0.3, -0.25) is 0 Å². The average molecular weight is 669 g/mol. The summed E-state index contributed by atoms with van der Waals surface area (Å²) in [6.45, 7) is 4.78. The molecule has 0 spiro atoms. The summed E-state index contributed by atoms with van der Waals surface area (Å²) >= 11 is 0. The van der Waals surface area contributed by atoms with Gasteiger partial charge >= 0.3 is 18.1 Å². The zero-order valence-electron chi connectivity index (χ0n) is 28.5. The third-order valence-corrected chi connectivity index (χ3v) is 8.57. The number of alkyl halides is 3. The summed E-state index contributed by atoms with van der Waals surface area (Å²) in [5.41, 5.74) is 3.31. The number of aromatic carboxylic acids is 1. The Morgan fingerprint density at radius 2 is 1.15 bits per heavy atom. The first-order valence-corrected chi connectivity index (χ1v) is 17.6. The highest BCUT2D eigenvalue weighted by molar-refractivity contribution is 5.92. The first kappa shape index (κ1) is 38.6. The van der Waals surface area contributed by atoms with E-state index in [0.717, 1.165) is 47.9 Å². The molecule has 0 aromatic heterocycles. The Bertz CT molecular complexity index is 1380. The molecule has 1 atom stereocenters. The second-order valence-electron chi connectivity index (χ2n) is 12.5. The number of carbonyl (C=O) groups is 2. The molecule has 1 N–H and O–H groups in total. The number of carboxylic acids is 1. The molecule has 3 rings (SSSR count). The predicted molar refractivity (Wildman–Crippen MR) is 186 cm³/mol. The number of carboxylic acid groups (broad SMARTS) is 1. The fourth-order valence-corrected chi connectivity index (χ4v) is 5.70. The quantitative estimate of drug-likeness (QED) is 0.0852. The summed E-state index contributed by atoms with van der Waals surface area (Å²) < 4.78 is 51.9. The van der Waals surface area contributed by atoms with Crippen molar-refractivity contribution in [2.24, 2.45) is 0 Å². The topological polar surface area (TPSA) is 72.8 Å². The van der Waals surface area contributed by atoms with E-state index in [1.807, 2.05) is 25.1 Å². The third kappa shape index (κ3) is 13.0. The van der Waals surface area contributed by atoms with Crippen LogP contribution in [0.5, 0.6) is 5.75 Å². The van der Waals surface area contributed by atoms with Gasteiger partial charge in [-0.2, -0.15) is 13.2 Å². The number of hydrogen-bond donors (Lipinski definition) is 1. The van der Waals surface area contributed by atoms with Crippen LogP contribution in [0.1, 0.15) is 131 Å². The van der Waals surface area contributed by atoms with Gasteiger partial charge in [-0.15, -0.1) is 0 Å². The molecule has 0 fully saturated rings. The smallest absolute Gasteiger partial charge is 0.425 e. The van der Waals surface area contributed by atoms with Crippen LogP contribution in [0.4, 0.5) is 13.2 Å². The summed E-state index contributed by atoms with van der Waals surface area (Å²) in [7, 11) is 0. The Kier molecular flexibility index (Phi) is 16.5. The van der Waals surface area contributed by atoms with Gasteiger partial charge < -0.3 is 14.6 Å². The lowest BCUT2D eigenvalue weighted by molar-refractivity contribution is -0.206. The van der Waals surface area contributed by atoms with E-state index in [0.29, 0.717) is 25.2 Å². The number of rotatable bonds is 22. The molecule has 262 valence electrons. The molecule has 0 amide bonds. The van der Waals surface area contributed by atoms with Crippen molar-refractivity contribution >= 4 is 11.9 Å². The van der Waals surface area contributed by atoms with E-state index in [9.17, 15) is 27.9 Å². The van der Waals surface area contributed by atoms with Gasteiger partial charge in [0, 0.05) is 0 Å². The van der Waals surface area contributed by atoms with Gasteiger partial charge in [0.25, 0.3) is 0 Å². The molecule has 1 unspecified atom stereocenters. The lowest BCUT2D eigenvalue weighted by atomic mass is 9.93. The van der Waals surface area contributed by atoms with Gasteiger partial charge in [-0.25, -0.2) is 9.59 Å². The van der Waals surface area contributed by atoms with E-state index in [1.165, 1.54) is 75.6 Å². The van der Waals surface area contributed by atoms with Crippen molar-refractivity contribution in [3.8, 4) is 28.0 Å². The zero-order valence-corrected chi connectivity index (χ0v) is 28.5. The highest BCUT2D eigenvalue weighted by atomic mass is 19.4. The fourth-order valence-electron chi connectivity index (χ4n) is 5.70. The highest BCUT2D eigenvalue weighted by Crippen LogP contribution is 2.36. The SMILES string of the molecule is CCCCCCCCCCCCOc1ccc(-c2ccc(C(=O)O)cc2)c(-c2ccc(C(=O)OC(CCCCCC)C(F)(F)F)cc2)c1. The van der Waals surface area contributed by atoms with Gasteiger partial charge in [0.05, 0.1) is 17.7 Å². The standard InChI is InChI=1S/C40H51F3O5/c1-3-5-7-9-10-11-12-13-14-16-28-47-34-26-27-35(30-18-22-32(23-19-30)38(44)45)36(29-34)31-20-24-33(25-21-31)39(46)48-37(40(41,42)43)17-15-8-6-4-2/h18-27,29,37H,3-17,28H2,1-2H3,(H,44,45). The van der Waals surface area contributed by atoms with Gasteiger partial charge in [-0.05, 0) is 77.9 Å². The number of carbonyl (C=O) groups excluding carboxylic acids is 1. The van der Waals surface area contributed by atoms with E-state index >= 15 is 0 Å². The maximum Gasteiger partial charge on any atom is 0.425 e. The molecule has 8 heteroatoms. The number of hydrogen-bond acceptors (Lipinski definition) is 4. The van der Waals surface area contributed by atoms with E-state index in [-0.39, 0.29) is 17.5 Å². The molecule has 0 bridgehead atoms. The lowest BCUT2D eigenvalue weighted by Crippen LogP contribution is -2.33. The maximum atomic E-state index is 13.6. The number of ether oxygens (including phenoxy) is 2. The van der Waals surface area contributed by atoms with Crippen LogP contribution in [0, 0.1) is 0 Å². The fraction of sp³-hybridized carbons (Fsp3) is 0.500. The van der Waals surface area contributed by atoms with Crippen LogP contribution in [0.15, 0.2) is 66.7 Å². The molecule has 0 aliphatic carbocycles. The monoisotopic (exact) mass is 668 g/mol. The number of halogens is 3. The normalized spacial score (nSPS) is 12.1. The van der Waals surface area contributed by atoms with Crippen molar-refractivity contribution in [1.82, 2.24) is 0 Å². The molecule has 0 radical (unpaired) electrons. The van der Waals surface area contributed by atoms with Crippen LogP contribution in [0.3, 0.4) is 0 Å². The Morgan fingerprint density at radius 3 is 1.69 bits per heavy atom. The van der Waals surface area contributed by atoms with E-state index in [1.54, 1.807) is 24.3 Å². The molecular weight excluding hydrogens is 617 g/mol. The van der Waals surface area contributed by atoms with Crippen LogP contribution in [0.25, 0.3) is 22.3 Å². The van der Waals surface area contributed by atoms with E-state index in [2.05, 4.69) is 6.92 Å². The molecule has 0 aliphatic heterocycles. The highest BCUT2D eigenvalue weighted by Gasteiger charge is 2.42. The molecule has 0 heterocycles. The van der Waals surface area contributed by atoms with Gasteiger partial charge in [0.15, 0.2) is 6.10 Å². The maximum absolute atomic E-state index is 13.6. The van der Waals surface area contributed by atoms with E-state index in [4.69, 9.17) is 9.47 Å². The lowest BCUT2D eigenvalue weighted by Gasteiger charge is -2.21. The average Bonchev–Trinajstić information content (AvgIpc) is 3.08. The van der Waals surface area contributed by atoms with Crippen molar-refractivity contribution < 1.29 is 37.3 Å². The van der Waals surface area contributed by atoms with Gasteiger partial charge in [0.1, 0.15) is 5.75 Å². The first-order valence-electron chi connectivity index (χ1n) is 17.6. The molecule has 3 aromatic carbocycles. The van der Waals surface area contributed by atoms with Crippen molar-refractivity contribution in [1.29, 1.82) is 0 Å². The van der Waals surface area contributed by atoms with Crippen LogP contribution in [0.2, 0.25) is 0 Å². The predicted octanol–water partition coefficient (Wildman–Crippen LogP) is 12.1. The Balaban J connectivity index is 1.71. The molecule has 3 aromatic rings. The Labute approximate surface area is 283 Å². The summed E-state index contributed by atoms with van der Waals surface area (Å²) in [5.74, 6) is -1.36. The Morgan fingerprint density at radius 1 is 0.646 bits per heavy atom. The first-order chi connectivity index (χ1) is 23.1. The number of esters is 1. The van der Waals surface area contributed by atoms with Crippen LogP contribution in [-0.4, -0.2) is 35.9 Å². The molecule has 0 saturated heterocycles. The minimum absolute atomic E-state index is 0.0299. The second kappa shape index (κ2) is 20.5. The van der Waals surface area contributed by atoms with E-state index < -0.39 is 24.2 Å². The summed E-state index contributed by atoms with van der Waals surface area (Å²) in [4.78, 5) is 24.2. The molecule has 0 saturated carbocycles. The Hall–Kier alpha value is -3.81. The minimum atomic E-state index is -4.64. The van der Waals surface area contributed by atoms with Crippen molar-refractivity contribution in [3.05, 3.63) is 77.9 Å². The van der Waals surface area contributed by atoms with Crippen molar-refractivity contribution in [3.63, 3.8) is 0 Å². The van der Waals surface area contributed by atoms with Gasteiger partial charge in [0.2, 0.25) is 0 Å². The largest absolute Gasteiger partial charge is 0.494 e. The van der Waals surface area contributed by atoms with Crippen LogP contribution in [-0.2, 0) is 4.74 Å².